The molecule has 0 radical (unpaired) electrons. The zero-order valence-electron chi connectivity index (χ0n) is 20.2. The van der Waals surface area contributed by atoms with E-state index < -0.39 is 0 Å². The van der Waals surface area contributed by atoms with Gasteiger partial charge in [-0.3, -0.25) is 4.79 Å². The number of imidazole rings is 1. The third-order valence-corrected chi connectivity index (χ3v) is 7.07. The number of hydrogen-bond acceptors (Lipinski definition) is 5. The fourth-order valence-electron chi connectivity index (χ4n) is 4.92. The number of aryl methyl sites for hydroxylation is 1. The van der Waals surface area contributed by atoms with Gasteiger partial charge in [0.05, 0.1) is 25.1 Å². The Balaban J connectivity index is 1.22. The van der Waals surface area contributed by atoms with Crippen molar-refractivity contribution >= 4 is 11.6 Å². The summed E-state index contributed by atoms with van der Waals surface area (Å²) in [5, 5.41) is 1.47. The number of benzene rings is 2. The molecule has 2 aliphatic carbocycles. The van der Waals surface area contributed by atoms with Crippen molar-refractivity contribution in [2.24, 2.45) is 0 Å². The summed E-state index contributed by atoms with van der Waals surface area (Å²) in [5.74, 6) is 0.740. The van der Waals surface area contributed by atoms with Gasteiger partial charge in [0, 0.05) is 30.3 Å². The van der Waals surface area contributed by atoms with E-state index in [4.69, 9.17) is 9.68 Å². The fraction of sp³-hybridized carbons (Fsp3) is 0.357. The second kappa shape index (κ2) is 10.4. The molecule has 0 aliphatic heterocycles. The van der Waals surface area contributed by atoms with Crippen LogP contribution in [0.1, 0.15) is 49.3 Å². The van der Waals surface area contributed by atoms with Crippen LogP contribution in [0.3, 0.4) is 0 Å². The molecule has 0 bridgehead atoms. The van der Waals surface area contributed by atoms with E-state index in [1.807, 2.05) is 22.9 Å². The first-order valence-electron chi connectivity index (χ1n) is 12.3. The minimum absolute atomic E-state index is 0.0452. The van der Waals surface area contributed by atoms with Crippen LogP contribution >= 0.6 is 0 Å². The SMILES string of the molecule is CC(=O)N(CC1(c2ccccc2)CCC1)ONC1=CCCc2cc(OCCn3ccnc3)ccc21. The Morgan fingerprint density at radius 3 is 2.77 bits per heavy atom. The molecule has 0 saturated heterocycles. The van der Waals surface area contributed by atoms with Gasteiger partial charge in [0.15, 0.2) is 0 Å². The van der Waals surface area contributed by atoms with Crippen LogP contribution in [0.4, 0.5) is 0 Å². The Morgan fingerprint density at radius 1 is 1.20 bits per heavy atom. The summed E-state index contributed by atoms with van der Waals surface area (Å²) < 4.78 is 7.95. The highest BCUT2D eigenvalue weighted by Gasteiger charge is 2.41. The number of fused-ring (bicyclic) bond motifs is 1. The second-order valence-electron chi connectivity index (χ2n) is 9.37. The number of aromatic nitrogens is 2. The van der Waals surface area contributed by atoms with Gasteiger partial charge in [0.2, 0.25) is 5.91 Å². The Labute approximate surface area is 206 Å². The molecule has 1 amide bonds. The van der Waals surface area contributed by atoms with Crippen LogP contribution in [0.2, 0.25) is 0 Å². The lowest BCUT2D eigenvalue weighted by molar-refractivity contribution is -0.210. The van der Waals surface area contributed by atoms with Gasteiger partial charge in [-0.15, -0.1) is 0 Å². The predicted molar refractivity (Wildman–Crippen MR) is 134 cm³/mol. The molecule has 1 N–H and O–H groups in total. The van der Waals surface area contributed by atoms with Crippen LogP contribution < -0.4 is 10.2 Å². The standard InChI is InChI=1S/C28H32N4O3/c1-22(33)32(20-28(13-6-14-28)24-8-3-2-4-9-24)35-30-27-10-5-7-23-19-25(11-12-26(23)27)34-18-17-31-16-15-29-21-31/h2-4,8-12,15-16,19,21,30H,5-7,13-14,17-18,20H2,1H3. The van der Waals surface area contributed by atoms with Crippen molar-refractivity contribution in [2.75, 3.05) is 13.2 Å². The molecule has 182 valence electrons. The summed E-state index contributed by atoms with van der Waals surface area (Å²) in [7, 11) is 0. The molecule has 7 nitrogen and oxygen atoms in total. The van der Waals surface area contributed by atoms with Crippen LogP contribution in [-0.4, -0.2) is 33.7 Å². The minimum atomic E-state index is -0.113. The van der Waals surface area contributed by atoms with Gasteiger partial charge < -0.3 is 9.30 Å². The van der Waals surface area contributed by atoms with Gasteiger partial charge in [0.25, 0.3) is 0 Å². The molecule has 7 heteroatoms. The number of hydrogen-bond donors (Lipinski definition) is 1. The topological polar surface area (TPSA) is 68.6 Å². The highest BCUT2D eigenvalue weighted by Crippen LogP contribution is 2.44. The lowest BCUT2D eigenvalue weighted by atomic mass is 9.64. The van der Waals surface area contributed by atoms with Crippen LogP contribution in [0.5, 0.6) is 5.75 Å². The molecule has 1 heterocycles. The first kappa shape index (κ1) is 23.2. The molecule has 35 heavy (non-hydrogen) atoms. The van der Waals surface area contributed by atoms with Crippen LogP contribution in [-0.2, 0) is 28.1 Å². The third-order valence-electron chi connectivity index (χ3n) is 7.07. The van der Waals surface area contributed by atoms with Crippen LogP contribution in [0.25, 0.3) is 5.70 Å². The van der Waals surface area contributed by atoms with Crippen molar-refractivity contribution in [1.29, 1.82) is 0 Å². The molecule has 2 aliphatic rings. The molecule has 5 rings (SSSR count). The fourth-order valence-corrected chi connectivity index (χ4v) is 4.92. The van der Waals surface area contributed by atoms with Crippen molar-refractivity contribution in [1.82, 2.24) is 20.1 Å². The van der Waals surface area contributed by atoms with Gasteiger partial charge in [0.1, 0.15) is 12.4 Å². The quantitative estimate of drug-likeness (QED) is 0.435. The van der Waals surface area contributed by atoms with E-state index in [1.54, 1.807) is 19.4 Å². The highest BCUT2D eigenvalue weighted by molar-refractivity contribution is 5.72. The van der Waals surface area contributed by atoms with Gasteiger partial charge in [-0.1, -0.05) is 42.8 Å². The first-order valence-corrected chi connectivity index (χ1v) is 12.3. The molecular weight excluding hydrogens is 440 g/mol. The summed E-state index contributed by atoms with van der Waals surface area (Å²) in [4.78, 5) is 22.4. The van der Waals surface area contributed by atoms with Gasteiger partial charge in [-0.2, -0.15) is 10.0 Å². The first-order chi connectivity index (χ1) is 17.1. The van der Waals surface area contributed by atoms with E-state index in [0.29, 0.717) is 13.2 Å². The molecule has 0 atom stereocenters. The monoisotopic (exact) mass is 472 g/mol. The number of rotatable bonds is 10. The van der Waals surface area contributed by atoms with Crippen molar-refractivity contribution in [3.05, 3.63) is 90.0 Å². The van der Waals surface area contributed by atoms with E-state index in [9.17, 15) is 4.79 Å². The largest absolute Gasteiger partial charge is 0.492 e. The molecule has 1 fully saturated rings. The van der Waals surface area contributed by atoms with Crippen LogP contribution in [0.15, 0.2) is 73.3 Å². The molecule has 2 aromatic carbocycles. The van der Waals surface area contributed by atoms with Gasteiger partial charge in [-0.05, 0) is 55.0 Å². The number of amides is 1. The molecule has 0 unspecified atom stereocenters. The Bertz CT molecular complexity index is 1170. The van der Waals surface area contributed by atoms with Gasteiger partial charge in [-0.25, -0.2) is 10.5 Å². The zero-order valence-corrected chi connectivity index (χ0v) is 20.2. The normalized spacial score (nSPS) is 16.0. The summed E-state index contributed by atoms with van der Waals surface area (Å²) in [6.45, 7) is 3.41. The summed E-state index contributed by atoms with van der Waals surface area (Å²) in [5.41, 5.74) is 7.45. The van der Waals surface area contributed by atoms with Gasteiger partial charge >= 0.3 is 0 Å². The third kappa shape index (κ3) is 5.25. The zero-order chi connectivity index (χ0) is 24.1. The van der Waals surface area contributed by atoms with E-state index in [0.717, 1.165) is 49.2 Å². The predicted octanol–water partition coefficient (Wildman–Crippen LogP) is 4.66. The molecule has 0 spiro atoms. The Morgan fingerprint density at radius 2 is 2.06 bits per heavy atom. The number of nitrogens with one attached hydrogen (secondary N) is 1. The maximum atomic E-state index is 12.5. The maximum Gasteiger partial charge on any atom is 0.244 e. The number of ether oxygens (including phenoxy) is 1. The number of hydroxylamine groups is 3. The average molecular weight is 473 g/mol. The highest BCUT2D eigenvalue weighted by atomic mass is 16.8. The number of allylic oxidation sites excluding steroid dienone is 1. The number of nitrogens with zero attached hydrogens (tertiary/aromatic N) is 3. The van der Waals surface area contributed by atoms with Crippen molar-refractivity contribution in [3.63, 3.8) is 0 Å². The van der Waals surface area contributed by atoms with E-state index in [-0.39, 0.29) is 11.3 Å². The average Bonchev–Trinajstić information content (AvgIpc) is 3.37. The van der Waals surface area contributed by atoms with Crippen molar-refractivity contribution in [2.45, 2.75) is 51.0 Å². The van der Waals surface area contributed by atoms with Crippen LogP contribution in [0, 0.1) is 0 Å². The summed E-state index contributed by atoms with van der Waals surface area (Å²) in [6.07, 6.45) is 12.7. The lowest BCUT2D eigenvalue weighted by Gasteiger charge is -2.44. The Hall–Kier alpha value is -3.58. The second-order valence-corrected chi connectivity index (χ2v) is 9.37. The van der Waals surface area contributed by atoms with Crippen molar-refractivity contribution in [3.8, 4) is 5.75 Å². The number of carbonyl (C=O) groups excluding carboxylic acids is 1. The van der Waals surface area contributed by atoms with Crippen molar-refractivity contribution < 1.29 is 14.5 Å². The molecule has 1 saturated carbocycles. The maximum absolute atomic E-state index is 12.5. The summed E-state index contributed by atoms with van der Waals surface area (Å²) in [6, 6.07) is 16.6. The number of carbonyl (C=O) groups is 1. The molecule has 3 aromatic rings. The minimum Gasteiger partial charge on any atom is -0.492 e. The summed E-state index contributed by atoms with van der Waals surface area (Å²) >= 11 is 0. The Kier molecular flexibility index (Phi) is 6.86. The van der Waals surface area contributed by atoms with E-state index in [2.05, 4.69) is 52.9 Å². The lowest BCUT2D eigenvalue weighted by Crippen LogP contribution is -2.48. The van der Waals surface area contributed by atoms with E-state index in [1.165, 1.54) is 22.6 Å². The smallest absolute Gasteiger partial charge is 0.244 e. The molecule has 1 aromatic heterocycles. The van der Waals surface area contributed by atoms with E-state index >= 15 is 0 Å². The molecular formula is C28H32N4O3.